The van der Waals surface area contributed by atoms with Crippen LogP contribution in [0.25, 0.3) is 0 Å². The Labute approximate surface area is 72.1 Å². The Morgan fingerprint density at radius 2 is 2.42 bits per heavy atom. The van der Waals surface area contributed by atoms with Crippen molar-refractivity contribution in [3.05, 3.63) is 29.5 Å². The van der Waals surface area contributed by atoms with Crippen LogP contribution in [0.1, 0.15) is 13.3 Å². The maximum Gasteiger partial charge on any atom is 0.105 e. The normalized spacial score (nSPS) is 12.0. The summed E-state index contributed by atoms with van der Waals surface area (Å²) in [5.41, 5.74) is 1.02. The van der Waals surface area contributed by atoms with Crippen molar-refractivity contribution in [3.63, 3.8) is 0 Å². The predicted octanol–water partition coefficient (Wildman–Crippen LogP) is 1.73. The zero-order chi connectivity index (χ0) is 9.40. The van der Waals surface area contributed by atoms with Gasteiger partial charge in [0.25, 0.3) is 0 Å². The van der Waals surface area contributed by atoms with E-state index in [0.717, 1.165) is 17.0 Å². The number of rotatable bonds is 5. The van der Waals surface area contributed by atoms with Gasteiger partial charge >= 0.3 is 0 Å². The second kappa shape index (κ2) is 6.42. The summed E-state index contributed by atoms with van der Waals surface area (Å²) in [4.78, 5) is 0. The van der Waals surface area contributed by atoms with Crippen LogP contribution in [0.15, 0.2) is 29.5 Å². The third kappa shape index (κ3) is 4.51. The molecule has 0 aliphatic carbocycles. The molecule has 0 amide bonds. The molecule has 0 atom stereocenters. The summed E-state index contributed by atoms with van der Waals surface area (Å²) < 4.78 is 0. The molecule has 0 aliphatic rings. The third-order valence-corrected chi connectivity index (χ3v) is 1.44. The number of allylic oxidation sites excluding steroid dienone is 2. The molecule has 1 N–H and O–H groups in total. The summed E-state index contributed by atoms with van der Waals surface area (Å²) in [6.07, 6.45) is 5.08. The summed E-state index contributed by atoms with van der Waals surface area (Å²) in [5.74, 6) is 0. The predicted molar refractivity (Wildman–Crippen MR) is 48.9 cm³/mol. The highest BCUT2D eigenvalue weighted by molar-refractivity contribution is 5.53. The van der Waals surface area contributed by atoms with Gasteiger partial charge in [-0.1, -0.05) is 24.3 Å². The molecule has 0 unspecified atom stereocenters. The van der Waals surface area contributed by atoms with Gasteiger partial charge in [-0.05, 0) is 13.3 Å². The summed E-state index contributed by atoms with van der Waals surface area (Å²) in [5, 5.41) is 21.7. The Kier molecular flexibility index (Phi) is 5.73. The smallest absolute Gasteiger partial charge is 0.105 e. The minimum Gasteiger partial charge on any atom is -0.791 e. The largest absolute Gasteiger partial charge is 0.791 e. The fourth-order valence-corrected chi connectivity index (χ4v) is 0.720. The Bertz CT molecular complexity index is 187. The molecule has 0 spiro atoms. The van der Waals surface area contributed by atoms with Crippen molar-refractivity contribution in [2.45, 2.75) is 13.3 Å². The van der Waals surface area contributed by atoms with Crippen molar-refractivity contribution in [2.75, 3.05) is 6.54 Å². The Balaban J connectivity index is 3.74. The number of hydroxylamine groups is 2. The molecule has 0 aliphatic heterocycles. The van der Waals surface area contributed by atoms with E-state index in [-0.39, 0.29) is 0 Å². The van der Waals surface area contributed by atoms with E-state index in [2.05, 4.69) is 11.7 Å². The molecule has 0 aromatic rings. The fourth-order valence-electron chi connectivity index (χ4n) is 0.720. The van der Waals surface area contributed by atoms with Gasteiger partial charge in [-0.3, -0.25) is 5.21 Å². The Morgan fingerprint density at radius 3 is 2.83 bits per heavy atom. The van der Waals surface area contributed by atoms with Crippen molar-refractivity contribution in [3.8, 4) is 0 Å². The van der Waals surface area contributed by atoms with Crippen LogP contribution in [0.2, 0.25) is 0 Å². The second-order valence-corrected chi connectivity index (χ2v) is 2.20. The van der Waals surface area contributed by atoms with E-state index < -0.39 is 0 Å². The van der Waals surface area contributed by atoms with Gasteiger partial charge in [0.05, 0.1) is 6.54 Å². The quantitative estimate of drug-likeness (QED) is 0.295. The molecule has 0 radical (unpaired) electrons. The zero-order valence-electron chi connectivity index (χ0n) is 7.10. The SMILES string of the molecule is C=C/C(=C\C)CCN(O)C=N[O-]. The van der Waals surface area contributed by atoms with Gasteiger partial charge in [0.1, 0.15) is 6.34 Å². The lowest BCUT2D eigenvalue weighted by atomic mass is 10.2. The van der Waals surface area contributed by atoms with Gasteiger partial charge in [0, 0.05) is 0 Å². The highest BCUT2D eigenvalue weighted by Gasteiger charge is 1.94. The van der Waals surface area contributed by atoms with Gasteiger partial charge < -0.3 is 10.4 Å². The Hall–Kier alpha value is -1.29. The average Bonchev–Trinajstić information content (AvgIpc) is 2.07. The molecule has 0 rings (SSSR count). The van der Waals surface area contributed by atoms with Crippen molar-refractivity contribution >= 4 is 6.34 Å². The first kappa shape index (κ1) is 10.7. The first-order chi connectivity index (χ1) is 5.74. The first-order valence-corrected chi connectivity index (χ1v) is 3.63. The average molecular weight is 169 g/mol. The summed E-state index contributed by atoms with van der Waals surface area (Å²) in [6.45, 7) is 5.83. The van der Waals surface area contributed by atoms with Crippen LogP contribution < -0.4 is 0 Å². The number of nitrogens with zero attached hydrogens (tertiary/aromatic N) is 2. The minimum absolute atomic E-state index is 0.345. The van der Waals surface area contributed by atoms with Crippen LogP contribution in [-0.2, 0) is 0 Å². The van der Waals surface area contributed by atoms with Gasteiger partial charge in [0.15, 0.2) is 0 Å². The summed E-state index contributed by atoms with van der Waals surface area (Å²) >= 11 is 0. The van der Waals surface area contributed by atoms with E-state index in [0.29, 0.717) is 13.0 Å². The molecule has 0 bridgehead atoms. The molecular weight excluding hydrogens is 156 g/mol. The molecular formula is C8H13N2O2-. The lowest BCUT2D eigenvalue weighted by Crippen LogP contribution is -2.18. The highest BCUT2D eigenvalue weighted by atomic mass is 16.5. The van der Waals surface area contributed by atoms with E-state index in [4.69, 9.17) is 5.21 Å². The number of hydrogen-bond donors (Lipinski definition) is 1. The van der Waals surface area contributed by atoms with Gasteiger partial charge in [0.2, 0.25) is 0 Å². The van der Waals surface area contributed by atoms with Crippen LogP contribution >= 0.6 is 0 Å². The Morgan fingerprint density at radius 1 is 1.75 bits per heavy atom. The van der Waals surface area contributed by atoms with Crippen LogP contribution in [-0.4, -0.2) is 23.2 Å². The molecule has 12 heavy (non-hydrogen) atoms. The van der Waals surface area contributed by atoms with E-state index >= 15 is 0 Å². The maximum absolute atomic E-state index is 9.66. The van der Waals surface area contributed by atoms with E-state index in [1.54, 1.807) is 6.08 Å². The van der Waals surface area contributed by atoms with E-state index in [9.17, 15) is 5.21 Å². The minimum atomic E-state index is 0.345. The second-order valence-electron chi connectivity index (χ2n) is 2.20. The van der Waals surface area contributed by atoms with Crippen molar-refractivity contribution < 1.29 is 5.21 Å². The summed E-state index contributed by atoms with van der Waals surface area (Å²) in [7, 11) is 0. The zero-order valence-corrected chi connectivity index (χ0v) is 7.10. The van der Waals surface area contributed by atoms with Gasteiger partial charge in [-0.25, -0.2) is 5.06 Å². The van der Waals surface area contributed by atoms with Crippen LogP contribution in [0.4, 0.5) is 0 Å². The van der Waals surface area contributed by atoms with Crippen LogP contribution in [0.5, 0.6) is 0 Å². The van der Waals surface area contributed by atoms with Crippen molar-refractivity contribution in [1.82, 2.24) is 5.06 Å². The monoisotopic (exact) mass is 169 g/mol. The lowest BCUT2D eigenvalue weighted by molar-refractivity contribution is -0.00687. The molecule has 0 heterocycles. The molecule has 0 saturated heterocycles. The van der Waals surface area contributed by atoms with Crippen molar-refractivity contribution in [2.24, 2.45) is 5.16 Å². The fraction of sp³-hybridized carbons (Fsp3) is 0.375. The van der Waals surface area contributed by atoms with Gasteiger partial charge in [-0.2, -0.15) is 0 Å². The van der Waals surface area contributed by atoms with Crippen LogP contribution in [0.3, 0.4) is 0 Å². The lowest BCUT2D eigenvalue weighted by Gasteiger charge is -2.11. The van der Waals surface area contributed by atoms with Crippen molar-refractivity contribution in [1.29, 1.82) is 0 Å². The standard InChI is InChI=1S/C8H14N2O2/c1-3-8(4-2)5-6-10(12)7-9-11/h3-4,7,11-12H,1,5-6H2,2H3/p-1/b8-4+,9-7?. The third-order valence-electron chi connectivity index (χ3n) is 1.44. The van der Waals surface area contributed by atoms with Gasteiger partial charge in [-0.15, -0.1) is 0 Å². The summed E-state index contributed by atoms with van der Waals surface area (Å²) in [6, 6.07) is 0. The van der Waals surface area contributed by atoms with Crippen LogP contribution in [0, 0.1) is 5.21 Å². The molecule has 4 nitrogen and oxygen atoms in total. The maximum atomic E-state index is 9.66. The first-order valence-electron chi connectivity index (χ1n) is 3.63. The molecule has 4 heteroatoms. The molecule has 0 aromatic carbocycles. The molecule has 68 valence electrons. The molecule has 0 fully saturated rings. The number of hydrogen-bond acceptors (Lipinski definition) is 3. The topological polar surface area (TPSA) is 58.9 Å². The van der Waals surface area contributed by atoms with E-state index in [1.807, 2.05) is 13.0 Å². The highest BCUT2D eigenvalue weighted by Crippen LogP contribution is 2.01. The molecule has 0 aromatic heterocycles. The van der Waals surface area contributed by atoms with E-state index in [1.165, 1.54) is 0 Å². The molecule has 0 saturated carbocycles.